The van der Waals surface area contributed by atoms with Gasteiger partial charge in [0.05, 0.1) is 13.2 Å². The number of piperazine rings is 1. The van der Waals surface area contributed by atoms with Gasteiger partial charge in [-0.25, -0.2) is 0 Å². The average Bonchev–Trinajstić information content (AvgIpc) is 2.32. The molecule has 4 heteroatoms. The van der Waals surface area contributed by atoms with Crippen LogP contribution in [0.3, 0.4) is 0 Å². The van der Waals surface area contributed by atoms with Crippen LogP contribution in [0.1, 0.15) is 20.3 Å². The summed E-state index contributed by atoms with van der Waals surface area (Å²) in [7, 11) is 0. The van der Waals surface area contributed by atoms with E-state index in [-0.39, 0.29) is 18.6 Å². The highest BCUT2D eigenvalue weighted by Crippen LogP contribution is 2.17. The van der Waals surface area contributed by atoms with Crippen molar-refractivity contribution < 1.29 is 10.2 Å². The summed E-state index contributed by atoms with van der Waals surface area (Å²) in [4.78, 5) is 4.82. The molecule has 1 rings (SSSR count). The van der Waals surface area contributed by atoms with Gasteiger partial charge in [-0.15, -0.1) is 0 Å². The Hall–Kier alpha value is -0.160. The van der Waals surface area contributed by atoms with E-state index in [1.165, 1.54) is 13.0 Å². The van der Waals surface area contributed by atoms with Gasteiger partial charge in [-0.1, -0.05) is 13.8 Å². The summed E-state index contributed by atoms with van der Waals surface area (Å²) in [5, 5.41) is 18.5. The molecule has 0 aromatic carbocycles. The van der Waals surface area contributed by atoms with Crippen LogP contribution in [0.2, 0.25) is 0 Å². The Bertz CT molecular complexity index is 187. The first-order valence-electron chi connectivity index (χ1n) is 6.30. The molecule has 2 N–H and O–H groups in total. The number of aliphatic hydroxyl groups is 2. The molecule has 16 heavy (non-hydrogen) atoms. The highest BCUT2D eigenvalue weighted by atomic mass is 16.3. The molecule has 1 saturated heterocycles. The Morgan fingerprint density at radius 2 is 1.50 bits per heavy atom. The molecule has 0 aromatic heterocycles. The van der Waals surface area contributed by atoms with E-state index in [1.54, 1.807) is 0 Å². The van der Waals surface area contributed by atoms with Crippen LogP contribution in [-0.2, 0) is 0 Å². The molecule has 0 amide bonds. The summed E-state index contributed by atoms with van der Waals surface area (Å²) in [6.07, 6.45) is 1.21. The molecular weight excluding hydrogens is 204 g/mol. The molecule has 96 valence electrons. The first kappa shape index (κ1) is 13.9. The lowest BCUT2D eigenvalue weighted by molar-refractivity contribution is 0.0190. The molecule has 0 aliphatic carbocycles. The van der Waals surface area contributed by atoms with Crippen LogP contribution in [0.15, 0.2) is 0 Å². The van der Waals surface area contributed by atoms with Crippen LogP contribution in [0.25, 0.3) is 0 Å². The second-order valence-corrected chi connectivity index (χ2v) is 5.24. The summed E-state index contributed by atoms with van der Waals surface area (Å²) in [5.41, 5.74) is -0.354. The lowest BCUT2D eigenvalue weighted by Crippen LogP contribution is -2.50. The SMILES string of the molecule is CCCN1CCN(CC(C)(CO)CO)CC1. The molecule has 0 radical (unpaired) electrons. The fourth-order valence-corrected chi connectivity index (χ4v) is 2.18. The standard InChI is InChI=1S/C12H26N2O2/c1-3-4-13-5-7-14(8-6-13)9-12(2,10-15)11-16/h15-16H,3-11H2,1-2H3. The first-order chi connectivity index (χ1) is 7.63. The Morgan fingerprint density at radius 3 is 1.94 bits per heavy atom. The maximum Gasteiger partial charge on any atom is 0.0519 e. The number of aliphatic hydroxyl groups excluding tert-OH is 2. The Kier molecular flexibility index (Phi) is 5.69. The van der Waals surface area contributed by atoms with Crippen molar-refractivity contribution in [3.05, 3.63) is 0 Å². The zero-order chi connectivity index (χ0) is 12.0. The van der Waals surface area contributed by atoms with E-state index in [9.17, 15) is 10.2 Å². The predicted molar refractivity (Wildman–Crippen MR) is 65.4 cm³/mol. The molecule has 0 bridgehead atoms. The highest BCUT2D eigenvalue weighted by Gasteiger charge is 2.27. The molecule has 0 spiro atoms. The Balaban J connectivity index is 2.31. The van der Waals surface area contributed by atoms with Crippen LogP contribution in [-0.4, -0.2) is 72.5 Å². The maximum atomic E-state index is 9.26. The van der Waals surface area contributed by atoms with Gasteiger partial charge in [0, 0.05) is 38.1 Å². The van der Waals surface area contributed by atoms with Crippen LogP contribution < -0.4 is 0 Å². The van der Waals surface area contributed by atoms with Gasteiger partial charge in [-0.3, -0.25) is 0 Å². The van der Waals surface area contributed by atoms with E-state index in [1.807, 2.05) is 6.92 Å². The van der Waals surface area contributed by atoms with Gasteiger partial charge in [-0.2, -0.15) is 0 Å². The zero-order valence-corrected chi connectivity index (χ0v) is 10.7. The van der Waals surface area contributed by atoms with Gasteiger partial charge in [-0.05, 0) is 13.0 Å². The molecule has 1 aliphatic rings. The smallest absolute Gasteiger partial charge is 0.0519 e. The largest absolute Gasteiger partial charge is 0.396 e. The minimum absolute atomic E-state index is 0.0542. The fourth-order valence-electron chi connectivity index (χ4n) is 2.18. The third-order valence-corrected chi connectivity index (χ3v) is 3.37. The summed E-state index contributed by atoms with van der Waals surface area (Å²) in [6.45, 7) is 10.6. The Labute approximate surface area is 98.9 Å². The molecule has 1 fully saturated rings. The van der Waals surface area contributed by atoms with Crippen LogP contribution in [0, 0.1) is 5.41 Å². The van der Waals surface area contributed by atoms with E-state index in [0.717, 1.165) is 32.7 Å². The van der Waals surface area contributed by atoms with Gasteiger partial charge in [0.15, 0.2) is 0 Å². The van der Waals surface area contributed by atoms with Crippen molar-refractivity contribution in [1.82, 2.24) is 9.80 Å². The maximum absolute atomic E-state index is 9.26. The molecule has 0 atom stereocenters. The van der Waals surface area contributed by atoms with E-state index >= 15 is 0 Å². The van der Waals surface area contributed by atoms with Gasteiger partial charge in [0.1, 0.15) is 0 Å². The lowest BCUT2D eigenvalue weighted by atomic mass is 9.92. The van der Waals surface area contributed by atoms with Crippen LogP contribution >= 0.6 is 0 Å². The van der Waals surface area contributed by atoms with E-state index in [4.69, 9.17) is 0 Å². The summed E-state index contributed by atoms with van der Waals surface area (Å²) >= 11 is 0. The average molecular weight is 230 g/mol. The van der Waals surface area contributed by atoms with Crippen molar-refractivity contribution in [3.63, 3.8) is 0 Å². The van der Waals surface area contributed by atoms with Crippen molar-refractivity contribution in [3.8, 4) is 0 Å². The van der Waals surface area contributed by atoms with Crippen molar-refractivity contribution in [2.45, 2.75) is 20.3 Å². The molecule has 0 unspecified atom stereocenters. The molecule has 0 saturated carbocycles. The molecule has 1 heterocycles. The minimum Gasteiger partial charge on any atom is -0.396 e. The van der Waals surface area contributed by atoms with Crippen molar-refractivity contribution in [2.24, 2.45) is 5.41 Å². The second-order valence-electron chi connectivity index (χ2n) is 5.24. The molecular formula is C12H26N2O2. The Morgan fingerprint density at radius 1 is 1.00 bits per heavy atom. The van der Waals surface area contributed by atoms with Gasteiger partial charge >= 0.3 is 0 Å². The second kappa shape index (κ2) is 6.55. The van der Waals surface area contributed by atoms with E-state index < -0.39 is 0 Å². The third-order valence-electron chi connectivity index (χ3n) is 3.37. The van der Waals surface area contributed by atoms with E-state index in [2.05, 4.69) is 16.7 Å². The normalized spacial score (nSPS) is 20.2. The molecule has 1 aliphatic heterocycles. The van der Waals surface area contributed by atoms with Gasteiger partial charge < -0.3 is 20.0 Å². The van der Waals surface area contributed by atoms with Crippen molar-refractivity contribution in [2.75, 3.05) is 52.5 Å². The number of hydrogen-bond acceptors (Lipinski definition) is 4. The summed E-state index contributed by atoms with van der Waals surface area (Å²) in [5.74, 6) is 0. The zero-order valence-electron chi connectivity index (χ0n) is 10.7. The van der Waals surface area contributed by atoms with Crippen molar-refractivity contribution >= 4 is 0 Å². The monoisotopic (exact) mass is 230 g/mol. The quantitative estimate of drug-likeness (QED) is 0.674. The number of hydrogen-bond donors (Lipinski definition) is 2. The predicted octanol–water partition coefficient (Wildman–Crippen LogP) is 0.00490. The topological polar surface area (TPSA) is 46.9 Å². The van der Waals surface area contributed by atoms with Crippen LogP contribution in [0.5, 0.6) is 0 Å². The van der Waals surface area contributed by atoms with Crippen molar-refractivity contribution in [1.29, 1.82) is 0 Å². The van der Waals surface area contributed by atoms with Gasteiger partial charge in [0.2, 0.25) is 0 Å². The lowest BCUT2D eigenvalue weighted by Gasteiger charge is -2.38. The summed E-state index contributed by atoms with van der Waals surface area (Å²) < 4.78 is 0. The molecule has 4 nitrogen and oxygen atoms in total. The molecule has 0 aromatic rings. The summed E-state index contributed by atoms with van der Waals surface area (Å²) in [6, 6.07) is 0. The number of nitrogens with zero attached hydrogens (tertiary/aromatic N) is 2. The van der Waals surface area contributed by atoms with Gasteiger partial charge in [0.25, 0.3) is 0 Å². The minimum atomic E-state index is -0.354. The van der Waals surface area contributed by atoms with E-state index in [0.29, 0.717) is 0 Å². The first-order valence-corrected chi connectivity index (χ1v) is 6.30. The third kappa shape index (κ3) is 4.01. The highest BCUT2D eigenvalue weighted by molar-refractivity contribution is 4.80. The number of rotatable bonds is 6. The van der Waals surface area contributed by atoms with Crippen LogP contribution in [0.4, 0.5) is 0 Å². The fraction of sp³-hybridized carbons (Fsp3) is 1.00.